The molecule has 0 aliphatic carbocycles. The number of esters is 1. The lowest BCUT2D eigenvalue weighted by molar-refractivity contribution is -1.01. The highest BCUT2D eigenvalue weighted by Crippen LogP contribution is 2.33. The number of benzene rings is 2. The summed E-state index contributed by atoms with van der Waals surface area (Å²) < 4.78 is 58.8. The molecular weight excluding hydrogens is 566 g/mol. The summed E-state index contributed by atoms with van der Waals surface area (Å²) in [5, 5.41) is 19.6. The van der Waals surface area contributed by atoms with Crippen molar-refractivity contribution >= 4 is 50.5 Å². The Morgan fingerprint density at radius 1 is 1.34 bits per heavy atom. The first-order valence-corrected chi connectivity index (χ1v) is 13.6. The third kappa shape index (κ3) is 6.96. The minimum atomic E-state index is -4.17. The maximum atomic E-state index is 13.0. The number of carboxylic acid groups (broad SMARTS) is 1. The van der Waals surface area contributed by atoms with Crippen molar-refractivity contribution in [3.05, 3.63) is 52.5 Å². The van der Waals surface area contributed by atoms with Crippen LogP contribution in [0.3, 0.4) is 0 Å². The van der Waals surface area contributed by atoms with E-state index in [1.807, 2.05) is 6.07 Å². The minimum Gasteiger partial charge on any atom is -0.488 e. The molecule has 2 aromatic carbocycles. The van der Waals surface area contributed by atoms with Crippen molar-refractivity contribution in [1.29, 1.82) is 5.26 Å². The number of sulfonamides is 1. The molecule has 38 heavy (non-hydrogen) atoms. The lowest BCUT2D eigenvalue weighted by Gasteiger charge is -2.42. The van der Waals surface area contributed by atoms with Crippen molar-refractivity contribution in [1.82, 2.24) is 9.95 Å². The second kappa shape index (κ2) is 11.6. The largest absolute Gasteiger partial charge is 0.488 e. The van der Waals surface area contributed by atoms with Crippen LogP contribution in [0.5, 0.6) is 5.75 Å². The number of likely N-dealkylation sites (N-methyl/N-ethyl adjacent to an activating group) is 1. The molecule has 2 unspecified atom stereocenters. The zero-order valence-electron chi connectivity index (χ0n) is 20.0. The number of hydrazine groups is 1. The van der Waals surface area contributed by atoms with Crippen molar-refractivity contribution in [2.75, 3.05) is 32.0 Å². The third-order valence-electron chi connectivity index (χ3n) is 5.37. The number of halogens is 1. The molecule has 14 nitrogen and oxygen atoms in total. The summed E-state index contributed by atoms with van der Waals surface area (Å²) in [6.45, 7) is -0.514. The highest BCUT2D eigenvalue weighted by molar-refractivity contribution is 7.89. The topological polar surface area (TPSA) is 195 Å². The van der Waals surface area contributed by atoms with Gasteiger partial charge in [0.2, 0.25) is 0 Å². The number of carbonyl (C=O) groups excluding carboxylic acids is 1. The fourth-order valence-corrected chi connectivity index (χ4v) is 5.66. The summed E-state index contributed by atoms with van der Waals surface area (Å²) in [6.07, 6.45) is -1.18. The Bertz CT molecular complexity index is 1430. The van der Waals surface area contributed by atoms with Crippen LogP contribution in [0.2, 0.25) is 5.02 Å². The Hall–Kier alpha value is -3.30. The summed E-state index contributed by atoms with van der Waals surface area (Å²) in [5.41, 5.74) is 0.419. The predicted molar refractivity (Wildman–Crippen MR) is 133 cm³/mol. The van der Waals surface area contributed by atoms with E-state index in [4.69, 9.17) is 30.7 Å². The van der Waals surface area contributed by atoms with Crippen LogP contribution in [0.1, 0.15) is 11.1 Å². The van der Waals surface area contributed by atoms with E-state index in [1.165, 1.54) is 23.3 Å². The molecular formula is C21H23ClN5O9S2+. The van der Waals surface area contributed by atoms with Gasteiger partial charge >= 0.3 is 11.9 Å². The first-order valence-electron chi connectivity index (χ1n) is 10.6. The van der Waals surface area contributed by atoms with Crippen LogP contribution >= 0.6 is 11.6 Å². The Kier molecular flexibility index (Phi) is 8.94. The fourth-order valence-electron chi connectivity index (χ4n) is 3.61. The Balaban J connectivity index is 1.86. The van der Waals surface area contributed by atoms with E-state index in [0.717, 1.165) is 6.07 Å². The number of nitrogens with one attached hydrogen (secondary N) is 2. The van der Waals surface area contributed by atoms with Crippen LogP contribution in [0.4, 0.5) is 5.69 Å². The van der Waals surface area contributed by atoms with Gasteiger partial charge in [0.1, 0.15) is 25.0 Å². The summed E-state index contributed by atoms with van der Waals surface area (Å²) in [5.74, 6) is -3.18. The molecule has 0 fully saturated rings. The van der Waals surface area contributed by atoms with Gasteiger partial charge in [-0.25, -0.2) is 26.8 Å². The van der Waals surface area contributed by atoms with E-state index < -0.39 is 39.3 Å². The second-order valence-corrected chi connectivity index (χ2v) is 11.2. The number of para-hydroxylation sites is 1. The molecule has 1 aliphatic rings. The van der Waals surface area contributed by atoms with Gasteiger partial charge in [-0.05, 0) is 29.8 Å². The first-order chi connectivity index (χ1) is 17.7. The van der Waals surface area contributed by atoms with E-state index in [1.54, 1.807) is 26.2 Å². The number of anilines is 1. The van der Waals surface area contributed by atoms with Crippen molar-refractivity contribution < 1.29 is 45.9 Å². The SMILES string of the molecule is C[N+](C)(CC(COc1ccccc1C#N)OC(=O)C(=O)O)N1Cc2cc(Cl)c(NS(=O)O)cc2S(=O)(=O)N1. The molecule has 0 aromatic heterocycles. The highest BCUT2D eigenvalue weighted by atomic mass is 35.5. The van der Waals surface area contributed by atoms with E-state index in [0.29, 0.717) is 0 Å². The molecule has 3 rings (SSSR count). The van der Waals surface area contributed by atoms with Gasteiger partial charge in [-0.3, -0.25) is 9.27 Å². The predicted octanol–water partition coefficient (Wildman–Crippen LogP) is 0.836. The summed E-state index contributed by atoms with van der Waals surface area (Å²) in [6, 6.07) is 10.7. The number of fused-ring (bicyclic) bond motifs is 1. The molecule has 2 atom stereocenters. The van der Waals surface area contributed by atoms with Gasteiger partial charge < -0.3 is 14.6 Å². The number of quaternary nitrogens is 1. The van der Waals surface area contributed by atoms with Crippen LogP contribution in [0, 0.1) is 11.3 Å². The summed E-state index contributed by atoms with van der Waals surface area (Å²) in [4.78, 5) is 25.2. The van der Waals surface area contributed by atoms with Gasteiger partial charge in [0.15, 0.2) is 6.10 Å². The maximum absolute atomic E-state index is 13.0. The van der Waals surface area contributed by atoms with Gasteiger partial charge in [0, 0.05) is 0 Å². The molecule has 0 saturated carbocycles. The number of carbonyl (C=O) groups is 2. The molecule has 204 valence electrons. The van der Waals surface area contributed by atoms with Crippen LogP contribution in [-0.2, 0) is 42.2 Å². The standard InChI is InChI=1S/C21H22ClN5O9S2/c1-27(2,11-15(36-21(30)20(28)29)12-35-18-6-4-3-5-13(18)9-23)26-10-14-7-16(22)17(24-37(31)32)8-19(14)38(33,34)25-26/h3-8,15,24-25H,10-12H2,1-2H3,(H-,28,29,31,32)/p+1. The molecule has 4 N–H and O–H groups in total. The Labute approximate surface area is 225 Å². The van der Waals surface area contributed by atoms with E-state index in [-0.39, 0.29) is 56.8 Å². The second-order valence-electron chi connectivity index (χ2n) is 8.50. The average Bonchev–Trinajstić information content (AvgIpc) is 2.82. The van der Waals surface area contributed by atoms with Gasteiger partial charge in [-0.1, -0.05) is 33.7 Å². The molecule has 1 aliphatic heterocycles. The van der Waals surface area contributed by atoms with E-state index >= 15 is 0 Å². The average molecular weight is 589 g/mol. The van der Waals surface area contributed by atoms with Gasteiger partial charge in [-0.15, -0.1) is 0 Å². The van der Waals surface area contributed by atoms with Crippen LogP contribution in [-0.4, -0.2) is 77.3 Å². The number of hydrogen-bond donors (Lipinski definition) is 4. The molecule has 0 bridgehead atoms. The van der Waals surface area contributed by atoms with Crippen molar-refractivity contribution in [2.45, 2.75) is 17.5 Å². The lowest BCUT2D eigenvalue weighted by atomic mass is 10.2. The molecule has 0 amide bonds. The first kappa shape index (κ1) is 29.3. The number of hydrogen-bond acceptors (Lipinski definition) is 9. The zero-order valence-corrected chi connectivity index (χ0v) is 22.3. The lowest BCUT2D eigenvalue weighted by Crippen LogP contribution is -2.65. The normalized spacial score (nSPS) is 16.4. The summed E-state index contributed by atoms with van der Waals surface area (Å²) in [7, 11) is -1.03. The van der Waals surface area contributed by atoms with E-state index in [2.05, 4.69) is 9.55 Å². The minimum absolute atomic E-state index is 0.00586. The smallest absolute Gasteiger partial charge is 0.417 e. The quantitative estimate of drug-likeness (QED) is 0.140. The van der Waals surface area contributed by atoms with Crippen molar-refractivity contribution in [3.63, 3.8) is 0 Å². The number of nitriles is 1. The van der Waals surface area contributed by atoms with Gasteiger partial charge in [-0.2, -0.15) is 5.26 Å². The number of ether oxygens (including phenoxy) is 2. The van der Waals surface area contributed by atoms with Crippen LogP contribution in [0.25, 0.3) is 0 Å². The zero-order chi connectivity index (χ0) is 28.3. The van der Waals surface area contributed by atoms with Crippen molar-refractivity contribution in [2.24, 2.45) is 0 Å². The van der Waals surface area contributed by atoms with Crippen LogP contribution in [0.15, 0.2) is 41.3 Å². The van der Waals surface area contributed by atoms with Gasteiger partial charge in [0.05, 0.1) is 41.8 Å². The van der Waals surface area contributed by atoms with Crippen molar-refractivity contribution in [3.8, 4) is 11.8 Å². The van der Waals surface area contributed by atoms with Crippen LogP contribution < -0.4 is 14.3 Å². The summed E-state index contributed by atoms with van der Waals surface area (Å²) >= 11 is 3.67. The molecule has 17 heteroatoms. The molecule has 2 aromatic rings. The molecule has 0 radical (unpaired) electrons. The highest BCUT2D eigenvalue weighted by Gasteiger charge is 2.40. The maximum Gasteiger partial charge on any atom is 0.417 e. The Morgan fingerprint density at radius 3 is 2.66 bits per heavy atom. The Morgan fingerprint density at radius 2 is 2.03 bits per heavy atom. The number of aliphatic carboxylic acids is 1. The monoisotopic (exact) mass is 588 g/mol. The fraction of sp³-hybridized carbons (Fsp3) is 0.286. The third-order valence-corrected chi connectivity index (χ3v) is 7.48. The molecule has 1 heterocycles. The molecule has 0 saturated heterocycles. The van der Waals surface area contributed by atoms with E-state index in [9.17, 15) is 27.5 Å². The number of nitrogens with zero attached hydrogens (tertiary/aromatic N) is 3. The number of carboxylic acids is 1. The van der Waals surface area contributed by atoms with Gasteiger partial charge in [0.25, 0.3) is 21.3 Å². The number of rotatable bonds is 9. The molecule has 0 spiro atoms.